The number of ether oxygens (including phenoxy) is 1. The summed E-state index contributed by atoms with van der Waals surface area (Å²) >= 11 is 3.33. The lowest BCUT2D eigenvalue weighted by molar-refractivity contribution is 0.174. The number of rotatable bonds is 4. The Morgan fingerprint density at radius 3 is 2.50 bits per heavy atom. The normalized spacial score (nSPS) is 10.4. The highest BCUT2D eigenvalue weighted by Gasteiger charge is 2.01. The molecule has 1 N–H and O–H groups in total. The monoisotopic (exact) mass is 331 g/mol. The zero-order valence-corrected chi connectivity index (χ0v) is 12.3. The van der Waals surface area contributed by atoms with Gasteiger partial charge in [-0.15, -0.1) is 0 Å². The summed E-state index contributed by atoms with van der Waals surface area (Å²) in [6.07, 6.45) is 3.24. The van der Waals surface area contributed by atoms with Crippen LogP contribution in [0.3, 0.4) is 0 Å². The number of anilines is 1. The number of carbonyl (C=O) groups is 1. The summed E-state index contributed by atoms with van der Waals surface area (Å²) in [6.45, 7) is 0.233. The van der Waals surface area contributed by atoms with Gasteiger partial charge in [0.2, 0.25) is 0 Å². The average Bonchev–Trinajstić information content (AvgIpc) is 2.47. The molecule has 3 nitrogen and oxygen atoms in total. The van der Waals surface area contributed by atoms with Crippen LogP contribution < -0.4 is 5.32 Å². The van der Waals surface area contributed by atoms with E-state index in [4.69, 9.17) is 4.74 Å². The molecule has 0 saturated heterocycles. The Kier molecular flexibility index (Phi) is 5.38. The number of halogens is 1. The molecule has 0 spiro atoms. The first-order valence-electron chi connectivity index (χ1n) is 6.15. The molecule has 1 amide bonds. The summed E-state index contributed by atoms with van der Waals surface area (Å²) in [7, 11) is 0. The molecule has 4 heteroatoms. The number of benzene rings is 2. The summed E-state index contributed by atoms with van der Waals surface area (Å²) in [6, 6.07) is 17.1. The van der Waals surface area contributed by atoms with E-state index in [2.05, 4.69) is 21.2 Å². The minimum atomic E-state index is -0.468. The molecule has 2 rings (SSSR count). The highest BCUT2D eigenvalue weighted by Crippen LogP contribution is 2.14. The van der Waals surface area contributed by atoms with Crippen LogP contribution in [-0.4, -0.2) is 12.7 Å². The van der Waals surface area contributed by atoms with E-state index >= 15 is 0 Å². The van der Waals surface area contributed by atoms with Crippen molar-refractivity contribution in [2.24, 2.45) is 0 Å². The smallest absolute Gasteiger partial charge is 0.411 e. The van der Waals surface area contributed by atoms with E-state index in [1.165, 1.54) is 0 Å². The third-order valence-corrected chi connectivity index (χ3v) is 3.04. The Balaban J connectivity index is 1.75. The van der Waals surface area contributed by atoms with Gasteiger partial charge in [0, 0.05) is 10.2 Å². The Labute approximate surface area is 126 Å². The molecule has 0 bridgehead atoms. The minimum Gasteiger partial charge on any atom is -0.445 e. The predicted octanol–water partition coefficient (Wildman–Crippen LogP) is 4.71. The van der Waals surface area contributed by atoms with E-state index in [-0.39, 0.29) is 6.61 Å². The molecule has 0 atom stereocenters. The molecular formula is C16H14BrNO2. The molecule has 102 valence electrons. The van der Waals surface area contributed by atoms with Crippen molar-refractivity contribution in [1.29, 1.82) is 0 Å². The topological polar surface area (TPSA) is 38.3 Å². The molecule has 2 aromatic carbocycles. The Hall–Kier alpha value is -2.07. The summed E-state index contributed by atoms with van der Waals surface area (Å²) in [5, 5.41) is 2.65. The van der Waals surface area contributed by atoms with Gasteiger partial charge in [0.05, 0.1) is 0 Å². The van der Waals surface area contributed by atoms with Gasteiger partial charge in [-0.05, 0) is 35.9 Å². The Morgan fingerprint density at radius 2 is 1.80 bits per heavy atom. The molecule has 0 aliphatic heterocycles. The maximum atomic E-state index is 11.5. The third kappa shape index (κ3) is 4.90. The van der Waals surface area contributed by atoms with Gasteiger partial charge in [-0.3, -0.25) is 5.32 Å². The molecule has 0 aromatic heterocycles. The SMILES string of the molecule is O=C(Nc1ccc(Br)cc1)OC/C=C/c1ccccc1. The summed E-state index contributed by atoms with van der Waals surface area (Å²) in [5.74, 6) is 0. The van der Waals surface area contributed by atoms with Crippen LogP contribution in [0.25, 0.3) is 6.08 Å². The lowest BCUT2D eigenvalue weighted by Crippen LogP contribution is -2.13. The van der Waals surface area contributed by atoms with Crippen molar-refractivity contribution in [3.63, 3.8) is 0 Å². The number of hydrogen-bond donors (Lipinski definition) is 1. The zero-order valence-electron chi connectivity index (χ0n) is 10.8. The van der Waals surface area contributed by atoms with Crippen molar-refractivity contribution in [2.75, 3.05) is 11.9 Å². The number of nitrogens with one attached hydrogen (secondary N) is 1. The predicted molar refractivity (Wildman–Crippen MR) is 84.6 cm³/mol. The highest BCUT2D eigenvalue weighted by atomic mass is 79.9. The minimum absolute atomic E-state index is 0.233. The average molecular weight is 332 g/mol. The standard InChI is InChI=1S/C16H14BrNO2/c17-14-8-10-15(11-9-14)18-16(19)20-12-4-7-13-5-2-1-3-6-13/h1-11H,12H2,(H,18,19)/b7-4+. The molecule has 0 unspecified atom stereocenters. The summed E-state index contributed by atoms with van der Waals surface area (Å²) in [5.41, 5.74) is 1.77. The molecule has 20 heavy (non-hydrogen) atoms. The number of carbonyl (C=O) groups excluding carboxylic acids is 1. The van der Waals surface area contributed by atoms with Gasteiger partial charge >= 0.3 is 6.09 Å². The largest absolute Gasteiger partial charge is 0.445 e. The molecule has 0 heterocycles. The second-order valence-electron chi connectivity index (χ2n) is 4.04. The van der Waals surface area contributed by atoms with E-state index in [0.29, 0.717) is 5.69 Å². The van der Waals surface area contributed by atoms with Crippen molar-refractivity contribution in [3.8, 4) is 0 Å². The molecule has 0 aliphatic carbocycles. The first kappa shape index (κ1) is 14.3. The maximum absolute atomic E-state index is 11.5. The van der Waals surface area contributed by atoms with Crippen LogP contribution in [0.5, 0.6) is 0 Å². The van der Waals surface area contributed by atoms with Crippen LogP contribution in [0.15, 0.2) is 65.1 Å². The van der Waals surface area contributed by atoms with E-state index in [0.717, 1.165) is 10.0 Å². The van der Waals surface area contributed by atoms with Gasteiger partial charge in [0.15, 0.2) is 0 Å². The van der Waals surface area contributed by atoms with Crippen LogP contribution >= 0.6 is 15.9 Å². The highest BCUT2D eigenvalue weighted by molar-refractivity contribution is 9.10. The second kappa shape index (κ2) is 7.50. The van der Waals surface area contributed by atoms with Gasteiger partial charge in [-0.2, -0.15) is 0 Å². The van der Waals surface area contributed by atoms with E-state index in [9.17, 15) is 4.79 Å². The van der Waals surface area contributed by atoms with Crippen molar-refractivity contribution >= 4 is 33.8 Å². The lowest BCUT2D eigenvalue weighted by atomic mass is 10.2. The molecule has 0 saturated carbocycles. The summed E-state index contributed by atoms with van der Waals surface area (Å²) in [4.78, 5) is 11.5. The fraction of sp³-hybridized carbons (Fsp3) is 0.0625. The lowest BCUT2D eigenvalue weighted by Gasteiger charge is -2.05. The maximum Gasteiger partial charge on any atom is 0.411 e. The molecule has 0 aliphatic rings. The van der Waals surface area contributed by atoms with Gasteiger partial charge in [-0.25, -0.2) is 4.79 Å². The van der Waals surface area contributed by atoms with Crippen LogP contribution in [0.2, 0.25) is 0 Å². The fourth-order valence-corrected chi connectivity index (χ4v) is 1.82. The van der Waals surface area contributed by atoms with Gasteiger partial charge in [0.25, 0.3) is 0 Å². The molecular weight excluding hydrogens is 318 g/mol. The second-order valence-corrected chi connectivity index (χ2v) is 4.96. The summed E-state index contributed by atoms with van der Waals surface area (Å²) < 4.78 is 6.01. The van der Waals surface area contributed by atoms with Crippen LogP contribution in [0.4, 0.5) is 10.5 Å². The first-order valence-corrected chi connectivity index (χ1v) is 6.94. The molecule has 0 fully saturated rings. The number of amides is 1. The quantitative estimate of drug-likeness (QED) is 0.880. The fourth-order valence-electron chi connectivity index (χ4n) is 1.56. The van der Waals surface area contributed by atoms with Crippen molar-refractivity contribution < 1.29 is 9.53 Å². The number of hydrogen-bond acceptors (Lipinski definition) is 2. The zero-order chi connectivity index (χ0) is 14.2. The Morgan fingerprint density at radius 1 is 1.10 bits per heavy atom. The van der Waals surface area contributed by atoms with Gasteiger partial charge in [0.1, 0.15) is 6.61 Å². The Bertz CT molecular complexity index is 579. The van der Waals surface area contributed by atoms with Crippen LogP contribution in [0, 0.1) is 0 Å². The van der Waals surface area contributed by atoms with Gasteiger partial charge in [-0.1, -0.05) is 52.3 Å². The van der Waals surface area contributed by atoms with Gasteiger partial charge < -0.3 is 4.74 Å². The third-order valence-electron chi connectivity index (χ3n) is 2.51. The van der Waals surface area contributed by atoms with Crippen molar-refractivity contribution in [1.82, 2.24) is 0 Å². The van der Waals surface area contributed by atoms with E-state index < -0.39 is 6.09 Å². The molecule has 0 radical (unpaired) electrons. The van der Waals surface area contributed by atoms with Crippen LogP contribution in [-0.2, 0) is 4.74 Å². The van der Waals surface area contributed by atoms with E-state index in [1.54, 1.807) is 18.2 Å². The molecule has 2 aromatic rings. The first-order chi connectivity index (χ1) is 9.74. The van der Waals surface area contributed by atoms with Crippen molar-refractivity contribution in [2.45, 2.75) is 0 Å². The van der Waals surface area contributed by atoms with Crippen molar-refractivity contribution in [3.05, 3.63) is 70.7 Å². The van der Waals surface area contributed by atoms with Crippen LogP contribution in [0.1, 0.15) is 5.56 Å². The van der Waals surface area contributed by atoms with E-state index in [1.807, 2.05) is 48.5 Å².